The lowest BCUT2D eigenvalue weighted by Gasteiger charge is -2.32. The van der Waals surface area contributed by atoms with Gasteiger partial charge >= 0.3 is 13.5 Å². The largest absolute Gasteiger partial charge is 0.574 e. The Labute approximate surface area is 115 Å². The van der Waals surface area contributed by atoms with Crippen molar-refractivity contribution in [2.24, 2.45) is 0 Å². The predicted molar refractivity (Wildman–Crippen MR) is 66.6 cm³/mol. The van der Waals surface area contributed by atoms with E-state index in [1.54, 1.807) is 0 Å². The second-order valence-electron chi connectivity index (χ2n) is 5.54. The zero-order chi connectivity index (χ0) is 15.2. The second-order valence-corrected chi connectivity index (χ2v) is 5.54. The zero-order valence-electron chi connectivity index (χ0n) is 11.6. The zero-order valence-corrected chi connectivity index (χ0v) is 11.6. The molecule has 2 rings (SSSR count). The van der Waals surface area contributed by atoms with Crippen LogP contribution in [-0.4, -0.2) is 29.7 Å². The van der Waals surface area contributed by atoms with E-state index in [1.807, 2.05) is 27.7 Å². The molecule has 1 aromatic heterocycles. The van der Waals surface area contributed by atoms with Crippen molar-refractivity contribution in [1.82, 2.24) is 4.98 Å². The van der Waals surface area contributed by atoms with Crippen molar-refractivity contribution in [2.45, 2.75) is 45.3 Å². The van der Waals surface area contributed by atoms with Crippen LogP contribution in [0.3, 0.4) is 0 Å². The van der Waals surface area contributed by atoms with E-state index < -0.39 is 30.6 Å². The monoisotopic (exact) mass is 289 g/mol. The maximum atomic E-state index is 12.2. The Morgan fingerprint density at radius 1 is 1.10 bits per heavy atom. The molecule has 1 fully saturated rings. The number of halogens is 3. The van der Waals surface area contributed by atoms with E-state index in [0.717, 1.165) is 6.07 Å². The van der Waals surface area contributed by atoms with Crippen molar-refractivity contribution >= 4 is 12.7 Å². The van der Waals surface area contributed by atoms with Crippen LogP contribution in [-0.2, 0) is 9.31 Å². The molecule has 0 unspecified atom stereocenters. The van der Waals surface area contributed by atoms with Gasteiger partial charge in [0, 0.05) is 6.07 Å². The maximum Gasteiger partial charge on any atom is 0.574 e. The van der Waals surface area contributed by atoms with Crippen LogP contribution in [0.4, 0.5) is 13.2 Å². The molecule has 0 saturated carbocycles. The van der Waals surface area contributed by atoms with Crippen molar-refractivity contribution in [2.75, 3.05) is 0 Å². The molecule has 2 heterocycles. The number of pyridine rings is 1. The summed E-state index contributed by atoms with van der Waals surface area (Å²) in [4.78, 5) is 3.78. The van der Waals surface area contributed by atoms with Crippen molar-refractivity contribution < 1.29 is 27.2 Å². The van der Waals surface area contributed by atoms with Crippen molar-refractivity contribution in [3.63, 3.8) is 0 Å². The quantitative estimate of drug-likeness (QED) is 0.783. The van der Waals surface area contributed by atoms with Gasteiger partial charge in [0.25, 0.3) is 0 Å². The van der Waals surface area contributed by atoms with Crippen LogP contribution < -0.4 is 10.3 Å². The molecule has 1 aromatic rings. The van der Waals surface area contributed by atoms with Gasteiger partial charge in [-0.3, -0.25) is 0 Å². The molecule has 8 heteroatoms. The van der Waals surface area contributed by atoms with Crippen LogP contribution in [0.2, 0.25) is 0 Å². The molecule has 0 aliphatic carbocycles. The number of aromatic nitrogens is 1. The average Bonchev–Trinajstić information content (AvgIpc) is 2.46. The molecule has 1 aliphatic heterocycles. The fraction of sp³-hybridized carbons (Fsp3) is 0.583. The van der Waals surface area contributed by atoms with Crippen molar-refractivity contribution in [3.05, 3.63) is 18.2 Å². The van der Waals surface area contributed by atoms with E-state index in [2.05, 4.69) is 9.72 Å². The minimum atomic E-state index is -4.78. The summed E-state index contributed by atoms with van der Waals surface area (Å²) in [7, 11) is -0.822. The highest BCUT2D eigenvalue weighted by Gasteiger charge is 2.52. The molecule has 0 amide bonds. The van der Waals surface area contributed by atoms with Gasteiger partial charge in [-0.1, -0.05) is 6.07 Å². The first kappa shape index (κ1) is 15.1. The molecule has 0 radical (unpaired) electrons. The van der Waals surface area contributed by atoms with Gasteiger partial charge in [0.1, 0.15) is 0 Å². The SMILES string of the molecule is CC1(C)OB(c2cccc(OC(F)(F)F)n2)OC1(C)C. The fourth-order valence-electron chi connectivity index (χ4n) is 1.70. The Hall–Kier alpha value is -1.28. The minimum Gasteiger partial charge on any atom is -0.398 e. The number of hydrogen-bond acceptors (Lipinski definition) is 4. The molecule has 0 bridgehead atoms. The van der Waals surface area contributed by atoms with Gasteiger partial charge in [0.2, 0.25) is 5.88 Å². The maximum absolute atomic E-state index is 12.2. The number of alkyl halides is 3. The number of hydrogen-bond donors (Lipinski definition) is 0. The molecule has 0 N–H and O–H groups in total. The predicted octanol–water partition coefficient (Wildman–Crippen LogP) is 2.28. The summed E-state index contributed by atoms with van der Waals surface area (Å²) in [5.74, 6) is -0.537. The van der Waals surface area contributed by atoms with Crippen LogP contribution >= 0.6 is 0 Å². The fourth-order valence-corrected chi connectivity index (χ4v) is 1.70. The van der Waals surface area contributed by atoms with E-state index in [-0.39, 0.29) is 5.59 Å². The van der Waals surface area contributed by atoms with E-state index >= 15 is 0 Å². The molecule has 0 atom stereocenters. The van der Waals surface area contributed by atoms with Gasteiger partial charge in [0.15, 0.2) is 0 Å². The third-order valence-electron chi connectivity index (χ3n) is 3.46. The lowest BCUT2D eigenvalue weighted by Crippen LogP contribution is -2.41. The number of rotatable bonds is 2. The molecular weight excluding hydrogens is 274 g/mol. The third-order valence-corrected chi connectivity index (χ3v) is 3.46. The molecule has 4 nitrogen and oxygen atoms in total. The summed E-state index contributed by atoms with van der Waals surface area (Å²) in [5.41, 5.74) is -0.925. The molecule has 0 spiro atoms. The molecule has 1 aliphatic rings. The summed E-state index contributed by atoms with van der Waals surface area (Å²) < 4.78 is 51.7. The molecular formula is C12H15BF3NO3. The first-order chi connectivity index (χ1) is 9.00. The number of ether oxygens (including phenoxy) is 1. The summed E-state index contributed by atoms with van der Waals surface area (Å²) in [6.45, 7) is 7.40. The number of nitrogens with zero attached hydrogens (tertiary/aromatic N) is 1. The second kappa shape index (κ2) is 4.63. The highest BCUT2D eigenvalue weighted by Crippen LogP contribution is 2.36. The highest BCUT2D eigenvalue weighted by molar-refractivity contribution is 6.61. The molecule has 20 heavy (non-hydrogen) atoms. The van der Waals surface area contributed by atoms with Crippen molar-refractivity contribution in [1.29, 1.82) is 0 Å². The van der Waals surface area contributed by atoms with Crippen LogP contribution in [0.25, 0.3) is 0 Å². The summed E-state index contributed by atoms with van der Waals surface area (Å²) in [6.07, 6.45) is -4.78. The normalized spacial score (nSPS) is 21.1. The summed E-state index contributed by atoms with van der Waals surface area (Å²) >= 11 is 0. The topological polar surface area (TPSA) is 40.6 Å². The minimum absolute atomic E-state index is 0.241. The average molecular weight is 289 g/mol. The first-order valence-corrected chi connectivity index (χ1v) is 6.08. The van der Waals surface area contributed by atoms with E-state index in [0.29, 0.717) is 0 Å². The van der Waals surface area contributed by atoms with Crippen LogP contribution in [0.5, 0.6) is 5.88 Å². The first-order valence-electron chi connectivity index (χ1n) is 6.08. The van der Waals surface area contributed by atoms with Gasteiger partial charge < -0.3 is 14.0 Å². The van der Waals surface area contributed by atoms with E-state index in [4.69, 9.17) is 9.31 Å². The molecule has 0 aromatic carbocycles. The van der Waals surface area contributed by atoms with Gasteiger partial charge in [-0.05, 0) is 33.8 Å². The molecule has 110 valence electrons. The lowest BCUT2D eigenvalue weighted by atomic mass is 9.84. The van der Waals surface area contributed by atoms with Crippen LogP contribution in [0.15, 0.2) is 18.2 Å². The summed E-state index contributed by atoms with van der Waals surface area (Å²) in [5, 5.41) is 0. The standard InChI is InChI=1S/C12H15BF3NO3/c1-10(2)11(3,4)20-13(19-10)8-6-5-7-9(17-8)18-12(14,15)16/h5-7H,1-4H3. The van der Waals surface area contributed by atoms with Gasteiger partial charge in [0.05, 0.1) is 16.8 Å². The van der Waals surface area contributed by atoms with Gasteiger partial charge in [-0.15, -0.1) is 13.2 Å². The lowest BCUT2D eigenvalue weighted by molar-refractivity contribution is -0.276. The summed E-state index contributed by atoms with van der Waals surface area (Å²) in [6, 6.07) is 4.07. The smallest absolute Gasteiger partial charge is 0.398 e. The van der Waals surface area contributed by atoms with E-state index in [1.165, 1.54) is 12.1 Å². The van der Waals surface area contributed by atoms with Gasteiger partial charge in [-0.25, -0.2) is 4.98 Å². The highest BCUT2D eigenvalue weighted by atomic mass is 19.4. The Bertz CT molecular complexity index is 489. The van der Waals surface area contributed by atoms with Crippen molar-refractivity contribution in [3.8, 4) is 5.88 Å². The Morgan fingerprint density at radius 3 is 2.15 bits per heavy atom. The molecule has 1 saturated heterocycles. The van der Waals surface area contributed by atoms with Crippen LogP contribution in [0, 0.1) is 0 Å². The third kappa shape index (κ3) is 3.07. The van der Waals surface area contributed by atoms with Crippen LogP contribution in [0.1, 0.15) is 27.7 Å². The Kier molecular flexibility index (Phi) is 3.50. The Balaban J connectivity index is 2.21. The Morgan fingerprint density at radius 2 is 1.65 bits per heavy atom. The van der Waals surface area contributed by atoms with Gasteiger partial charge in [-0.2, -0.15) is 0 Å². The van der Waals surface area contributed by atoms with E-state index in [9.17, 15) is 13.2 Å².